The van der Waals surface area contributed by atoms with Crippen LogP contribution in [0, 0.1) is 5.92 Å². The van der Waals surface area contributed by atoms with Crippen molar-refractivity contribution in [3.63, 3.8) is 0 Å². The molecule has 4 aromatic heterocycles. The second kappa shape index (κ2) is 8.57. The van der Waals surface area contributed by atoms with Gasteiger partial charge in [0.25, 0.3) is 0 Å². The Balaban J connectivity index is 1.39. The zero-order valence-electron chi connectivity index (χ0n) is 24.8. The summed E-state index contributed by atoms with van der Waals surface area (Å²) in [5.41, 5.74) is 5.13. The van der Waals surface area contributed by atoms with Crippen molar-refractivity contribution < 1.29 is 19.8 Å². The third kappa shape index (κ3) is 3.60. The lowest BCUT2D eigenvalue weighted by molar-refractivity contribution is -0.121. The minimum absolute atomic E-state index is 0.0305. The number of nitrogens with two attached hydrogens (primary N) is 1. The smallest absolute Gasteiger partial charge is 0.407 e. The van der Waals surface area contributed by atoms with E-state index in [1.54, 1.807) is 28.9 Å². The van der Waals surface area contributed by atoms with Crippen LogP contribution in [-0.4, -0.2) is 53.8 Å². The van der Waals surface area contributed by atoms with E-state index in [1.807, 2.05) is 6.92 Å². The quantitative estimate of drug-likeness (QED) is 0.344. The number of primary amides is 1. The zero-order valence-corrected chi connectivity index (χ0v) is 20.8. The SMILES string of the molecule is [2H]C1(NC(=O)OC)CCC(n2c(=O)n(C([2H])([2H])[2H])c3cnc(Nc4ccc5cnc(C6(C(N)=O)CC6C)n5n4)cc32)C1. The van der Waals surface area contributed by atoms with Crippen molar-refractivity contribution in [1.82, 2.24) is 34.0 Å². The van der Waals surface area contributed by atoms with Crippen molar-refractivity contribution in [3.05, 3.63) is 46.9 Å². The van der Waals surface area contributed by atoms with Gasteiger partial charge < -0.3 is 21.1 Å². The van der Waals surface area contributed by atoms with Crippen LogP contribution in [0.1, 0.15) is 50.0 Å². The number of nitrogens with zero attached hydrogens (tertiary/aromatic N) is 6. The normalized spacial score (nSPS) is 28.4. The van der Waals surface area contributed by atoms with Crippen LogP contribution < -0.4 is 22.1 Å². The number of pyridine rings is 1. The Bertz CT molecular complexity index is 1810. The minimum atomic E-state index is -2.78. The summed E-state index contributed by atoms with van der Waals surface area (Å²) >= 11 is 0. The number of anilines is 2. The number of ether oxygens (including phenoxy) is 1. The number of imidazole rings is 2. The standard InChI is InChI=1S/C25H29N9O4/c1-13-10-25(13,21(26)35)22-28-11-16-6-7-19(31-34(16)22)30-20-9-17-18(12-27-20)32(2)24(37)33(17)15-5-4-14(8-15)29-23(36)38-3/h6-7,9,11-15H,4-5,8,10H2,1-3H3,(H2,26,35)(H,29,36)(H,27,30,31)/i2D3,14D. The highest BCUT2D eigenvalue weighted by atomic mass is 16.5. The van der Waals surface area contributed by atoms with E-state index in [-0.39, 0.29) is 30.1 Å². The molecule has 2 amide bonds. The van der Waals surface area contributed by atoms with Gasteiger partial charge in [0.15, 0.2) is 5.82 Å². The molecule has 4 unspecified atom stereocenters. The topological polar surface area (TPSA) is 163 Å². The fourth-order valence-corrected chi connectivity index (χ4v) is 5.47. The van der Waals surface area contributed by atoms with E-state index >= 15 is 0 Å². The second-order valence-corrected chi connectivity index (χ2v) is 9.87. The monoisotopic (exact) mass is 523 g/mol. The van der Waals surface area contributed by atoms with Gasteiger partial charge >= 0.3 is 11.8 Å². The van der Waals surface area contributed by atoms with E-state index in [0.29, 0.717) is 40.1 Å². The Morgan fingerprint density at radius 2 is 2.05 bits per heavy atom. The first-order valence-electron chi connectivity index (χ1n) is 14.2. The first-order chi connectivity index (χ1) is 19.8. The maximum Gasteiger partial charge on any atom is 0.407 e. The highest BCUT2D eigenvalue weighted by molar-refractivity contribution is 5.90. The van der Waals surface area contributed by atoms with Gasteiger partial charge in [0.1, 0.15) is 17.1 Å². The van der Waals surface area contributed by atoms with E-state index in [4.69, 9.17) is 11.2 Å². The molecule has 6 rings (SSSR count). The van der Waals surface area contributed by atoms with E-state index in [0.717, 1.165) is 0 Å². The molecule has 0 aromatic carbocycles. The van der Waals surface area contributed by atoms with Crippen LogP contribution in [0.3, 0.4) is 0 Å². The van der Waals surface area contributed by atoms with Gasteiger partial charge in [-0.05, 0) is 43.7 Å². The van der Waals surface area contributed by atoms with Crippen LogP contribution in [0.4, 0.5) is 16.4 Å². The first kappa shape index (κ1) is 19.7. The molecule has 0 bridgehead atoms. The van der Waals surface area contributed by atoms with Crippen LogP contribution in [-0.2, 0) is 21.9 Å². The molecule has 2 fully saturated rings. The number of amides is 2. The number of methoxy groups -OCH3 is 1. The van der Waals surface area contributed by atoms with Crippen LogP contribution in [0.5, 0.6) is 0 Å². The van der Waals surface area contributed by atoms with Gasteiger partial charge in [-0.1, -0.05) is 6.92 Å². The minimum Gasteiger partial charge on any atom is -0.453 e. The number of carbonyl (C=O) groups excluding carboxylic acids is 2. The summed E-state index contributed by atoms with van der Waals surface area (Å²) in [4.78, 5) is 46.4. The number of carbonyl (C=O) groups is 2. The van der Waals surface area contributed by atoms with Gasteiger partial charge in [-0.3, -0.25) is 13.9 Å². The van der Waals surface area contributed by atoms with Gasteiger partial charge in [-0.25, -0.2) is 24.1 Å². The lowest BCUT2D eigenvalue weighted by Crippen LogP contribution is -2.33. The van der Waals surface area contributed by atoms with Gasteiger partial charge in [0, 0.05) is 29.2 Å². The summed E-state index contributed by atoms with van der Waals surface area (Å²) in [7, 11) is 1.20. The number of aromatic nitrogens is 6. The molecule has 4 N–H and O–H groups in total. The van der Waals surface area contributed by atoms with Crippen molar-refractivity contribution >= 4 is 40.2 Å². The van der Waals surface area contributed by atoms with Gasteiger partial charge in [-0.2, -0.15) is 0 Å². The number of hydrogen-bond donors (Lipinski definition) is 3. The van der Waals surface area contributed by atoms with Crippen molar-refractivity contribution in [2.24, 2.45) is 18.6 Å². The molecule has 198 valence electrons. The molecule has 0 radical (unpaired) electrons. The first-order valence-corrected chi connectivity index (χ1v) is 12.2. The van der Waals surface area contributed by atoms with Gasteiger partial charge in [-0.15, -0.1) is 5.10 Å². The lowest BCUT2D eigenvalue weighted by Gasteiger charge is -2.14. The summed E-state index contributed by atoms with van der Waals surface area (Å²) < 4.78 is 40.8. The van der Waals surface area contributed by atoms with Crippen molar-refractivity contribution in [2.75, 3.05) is 12.4 Å². The predicted octanol–water partition coefficient (Wildman–Crippen LogP) is 1.73. The molecule has 0 saturated heterocycles. The Morgan fingerprint density at radius 3 is 2.76 bits per heavy atom. The maximum absolute atomic E-state index is 13.5. The average molecular weight is 524 g/mol. The molecular weight excluding hydrogens is 490 g/mol. The molecule has 4 aromatic rings. The largest absolute Gasteiger partial charge is 0.453 e. The fourth-order valence-electron chi connectivity index (χ4n) is 5.47. The van der Waals surface area contributed by atoms with Gasteiger partial charge in [0.05, 0.1) is 37.4 Å². The Kier molecular flexibility index (Phi) is 4.43. The van der Waals surface area contributed by atoms with E-state index in [9.17, 15) is 14.4 Å². The van der Waals surface area contributed by atoms with Crippen molar-refractivity contribution in [1.29, 1.82) is 0 Å². The highest BCUT2D eigenvalue weighted by Crippen LogP contribution is 2.53. The zero-order chi connectivity index (χ0) is 30.2. The van der Waals surface area contributed by atoms with Crippen LogP contribution in [0.2, 0.25) is 0 Å². The summed E-state index contributed by atoms with van der Waals surface area (Å²) in [6.45, 7) is -0.850. The Hall–Kier alpha value is -4.42. The van der Waals surface area contributed by atoms with Gasteiger partial charge in [0.2, 0.25) is 5.91 Å². The molecule has 0 aliphatic heterocycles. The second-order valence-electron chi connectivity index (χ2n) is 9.87. The fraction of sp³-hybridized carbons (Fsp3) is 0.440. The molecule has 0 spiro atoms. The number of fused-ring (bicyclic) bond motifs is 2. The van der Waals surface area contributed by atoms with Crippen LogP contribution in [0.15, 0.2) is 35.4 Å². The van der Waals surface area contributed by atoms with Crippen molar-refractivity contribution in [2.45, 2.75) is 50.1 Å². The molecular formula is C25H29N9O4. The molecule has 13 nitrogen and oxygen atoms in total. The van der Waals surface area contributed by atoms with E-state index < -0.39 is 42.1 Å². The number of alkyl carbamates (subject to hydrolysis) is 1. The molecule has 2 aliphatic carbocycles. The molecule has 4 atom stereocenters. The molecule has 2 aliphatic rings. The summed E-state index contributed by atoms with van der Waals surface area (Å²) in [6, 6.07) is 3.06. The Labute approximate surface area is 222 Å². The number of aryl methyl sites for hydroxylation is 1. The number of rotatable bonds is 6. The Morgan fingerprint density at radius 1 is 1.24 bits per heavy atom. The maximum atomic E-state index is 13.5. The summed E-state index contributed by atoms with van der Waals surface area (Å²) in [5.74, 6) is 0.660. The summed E-state index contributed by atoms with van der Waals surface area (Å²) in [5, 5.41) is 10.2. The third-order valence-electron chi connectivity index (χ3n) is 7.64. The molecule has 13 heteroatoms. The lowest BCUT2D eigenvalue weighted by atomic mass is 10.0. The molecule has 38 heavy (non-hydrogen) atoms. The summed E-state index contributed by atoms with van der Waals surface area (Å²) in [6.07, 6.45) is 3.38. The number of hydrogen-bond acceptors (Lipinski definition) is 8. The van der Waals surface area contributed by atoms with Crippen molar-refractivity contribution in [3.8, 4) is 0 Å². The van der Waals surface area contributed by atoms with E-state index in [1.165, 1.54) is 17.9 Å². The van der Waals surface area contributed by atoms with Crippen LogP contribution in [0.25, 0.3) is 16.6 Å². The van der Waals surface area contributed by atoms with E-state index in [2.05, 4.69) is 30.4 Å². The highest BCUT2D eigenvalue weighted by Gasteiger charge is 2.60. The van der Waals surface area contributed by atoms with Crippen LogP contribution >= 0.6 is 0 Å². The molecule has 2 saturated carbocycles. The predicted molar refractivity (Wildman–Crippen MR) is 138 cm³/mol. The third-order valence-corrected chi connectivity index (χ3v) is 7.64. The average Bonchev–Trinajstić information content (AvgIpc) is 3.19. The molecule has 4 heterocycles. The number of nitrogens with one attached hydrogen (secondary N) is 2.